The molecule has 4 unspecified atom stereocenters. The number of carboxylic acid groups (broad SMARTS) is 1. The summed E-state index contributed by atoms with van der Waals surface area (Å²) in [6.07, 6.45) is 0. The molecular weight excluding hydrogens is 408 g/mol. The number of nitrogens with zero attached hydrogens (tertiary/aromatic N) is 1. The molecule has 2 saturated heterocycles. The van der Waals surface area contributed by atoms with E-state index in [-0.39, 0.29) is 5.91 Å². The van der Waals surface area contributed by atoms with E-state index in [9.17, 15) is 19.5 Å². The number of carboxylic acids is 1. The van der Waals surface area contributed by atoms with Crippen molar-refractivity contribution in [3.05, 3.63) is 72.0 Å². The number of rotatable bonds is 3. The Morgan fingerprint density at radius 3 is 2.31 bits per heavy atom. The molecule has 0 saturated carbocycles. The fourth-order valence-corrected chi connectivity index (χ4v) is 5.25. The Morgan fingerprint density at radius 1 is 1.03 bits per heavy atom. The summed E-state index contributed by atoms with van der Waals surface area (Å²) in [6, 6.07) is 17.1. The maximum Gasteiger partial charge on any atom is 0.329 e. The van der Waals surface area contributed by atoms with Gasteiger partial charge in [0.25, 0.3) is 0 Å². The molecule has 3 aromatic rings. The number of hydrogen-bond acceptors (Lipinski definition) is 5. The summed E-state index contributed by atoms with van der Waals surface area (Å²) in [6.45, 7) is 5.33. The van der Waals surface area contributed by atoms with Crippen molar-refractivity contribution in [3.8, 4) is 0 Å². The summed E-state index contributed by atoms with van der Waals surface area (Å²) in [7, 11) is 0. The zero-order valence-corrected chi connectivity index (χ0v) is 18.0. The third-order valence-corrected chi connectivity index (χ3v) is 6.55. The lowest BCUT2D eigenvalue weighted by atomic mass is 9.75. The van der Waals surface area contributed by atoms with Crippen LogP contribution in [0.25, 0.3) is 11.0 Å². The monoisotopic (exact) mass is 432 g/mol. The van der Waals surface area contributed by atoms with Gasteiger partial charge in [0.15, 0.2) is 5.54 Å². The average Bonchev–Trinajstić information content (AvgIpc) is 3.40. The van der Waals surface area contributed by atoms with Crippen LogP contribution in [-0.2, 0) is 19.9 Å². The van der Waals surface area contributed by atoms with Crippen molar-refractivity contribution in [2.24, 2.45) is 11.8 Å². The van der Waals surface area contributed by atoms with E-state index < -0.39 is 40.8 Å². The molecule has 0 radical (unpaired) electrons. The number of nitrogens with one attached hydrogen (secondary N) is 1. The molecule has 2 aromatic carbocycles. The lowest BCUT2D eigenvalue weighted by Crippen LogP contribution is -2.55. The highest BCUT2D eigenvalue weighted by Crippen LogP contribution is 2.54. The Bertz CT molecular complexity index is 1210. The summed E-state index contributed by atoms with van der Waals surface area (Å²) < 4.78 is 6.04. The molecule has 2 aliphatic rings. The number of carbonyl (C=O) groups is 3. The summed E-state index contributed by atoms with van der Waals surface area (Å²) >= 11 is 0. The molecule has 3 heterocycles. The van der Waals surface area contributed by atoms with Crippen LogP contribution in [0.3, 0.4) is 0 Å². The van der Waals surface area contributed by atoms with Crippen LogP contribution < -0.4 is 5.32 Å². The van der Waals surface area contributed by atoms with Crippen molar-refractivity contribution in [1.29, 1.82) is 0 Å². The van der Waals surface area contributed by atoms with Gasteiger partial charge >= 0.3 is 5.97 Å². The number of hydrogen-bond donors (Lipinski definition) is 2. The number of fused-ring (bicyclic) bond motifs is 2. The van der Waals surface area contributed by atoms with Crippen LogP contribution in [-0.4, -0.2) is 33.3 Å². The molecule has 2 amide bonds. The molecule has 164 valence electrons. The number of furan rings is 1. The first kappa shape index (κ1) is 20.5. The van der Waals surface area contributed by atoms with E-state index in [0.29, 0.717) is 16.9 Å². The van der Waals surface area contributed by atoms with Crippen molar-refractivity contribution in [2.45, 2.75) is 37.9 Å². The lowest BCUT2D eigenvalue weighted by molar-refractivity contribution is -0.154. The van der Waals surface area contributed by atoms with Gasteiger partial charge in [0, 0.05) is 10.9 Å². The Hall–Kier alpha value is -3.45. The average molecular weight is 432 g/mol. The van der Waals surface area contributed by atoms with Crippen molar-refractivity contribution >= 4 is 28.8 Å². The van der Waals surface area contributed by atoms with Crippen LogP contribution >= 0.6 is 0 Å². The quantitative estimate of drug-likeness (QED) is 0.615. The molecule has 2 fully saturated rings. The molecular formula is C25H24N2O5. The molecule has 2 aliphatic heterocycles. The Labute approximate surface area is 185 Å². The fourth-order valence-electron chi connectivity index (χ4n) is 5.25. The molecule has 5 rings (SSSR count). The van der Waals surface area contributed by atoms with Crippen molar-refractivity contribution in [1.82, 2.24) is 10.2 Å². The van der Waals surface area contributed by atoms with Gasteiger partial charge in [0.1, 0.15) is 11.3 Å². The number of benzene rings is 2. The van der Waals surface area contributed by atoms with E-state index in [1.165, 1.54) is 4.90 Å². The Balaban J connectivity index is 1.74. The van der Waals surface area contributed by atoms with E-state index in [0.717, 1.165) is 5.39 Å². The second kappa shape index (κ2) is 6.77. The summed E-state index contributed by atoms with van der Waals surface area (Å²) in [5.41, 5.74) is -1.48. The maximum absolute atomic E-state index is 13.7. The highest BCUT2D eigenvalue weighted by atomic mass is 16.4. The fraction of sp³-hybridized carbons (Fsp3) is 0.320. The normalized spacial score (nSPS) is 27.8. The lowest BCUT2D eigenvalue weighted by Gasteiger charge is -2.35. The first-order valence-electron chi connectivity index (χ1n) is 10.6. The molecule has 4 atom stereocenters. The van der Waals surface area contributed by atoms with Crippen LogP contribution in [0.5, 0.6) is 0 Å². The third kappa shape index (κ3) is 2.67. The van der Waals surface area contributed by atoms with Gasteiger partial charge in [-0.2, -0.15) is 0 Å². The number of amides is 2. The first-order valence-corrected chi connectivity index (χ1v) is 10.6. The summed E-state index contributed by atoms with van der Waals surface area (Å²) in [4.78, 5) is 41.3. The van der Waals surface area contributed by atoms with Crippen LogP contribution in [0.1, 0.15) is 38.1 Å². The van der Waals surface area contributed by atoms with E-state index in [1.807, 2.05) is 30.3 Å². The second-order valence-corrected chi connectivity index (χ2v) is 9.47. The Kier molecular flexibility index (Phi) is 4.33. The minimum Gasteiger partial charge on any atom is -0.480 e. The van der Waals surface area contributed by atoms with Gasteiger partial charge < -0.3 is 9.52 Å². The van der Waals surface area contributed by atoms with Crippen LogP contribution in [0.2, 0.25) is 0 Å². The largest absolute Gasteiger partial charge is 0.480 e. The minimum absolute atomic E-state index is 0.385. The van der Waals surface area contributed by atoms with Gasteiger partial charge in [-0.3, -0.25) is 19.8 Å². The van der Waals surface area contributed by atoms with Gasteiger partial charge in [0.2, 0.25) is 11.8 Å². The minimum atomic E-state index is -1.76. The van der Waals surface area contributed by atoms with Gasteiger partial charge in [-0.15, -0.1) is 0 Å². The van der Waals surface area contributed by atoms with Gasteiger partial charge in [0.05, 0.1) is 17.9 Å². The molecule has 2 N–H and O–H groups in total. The number of likely N-dealkylation sites (tertiary alicyclic amines) is 1. The number of para-hydroxylation sites is 1. The summed E-state index contributed by atoms with van der Waals surface area (Å²) in [5, 5.41) is 14.5. The number of aliphatic carboxylic acids is 1. The highest BCUT2D eigenvalue weighted by molar-refractivity contribution is 6.10. The van der Waals surface area contributed by atoms with Gasteiger partial charge in [-0.1, -0.05) is 48.5 Å². The summed E-state index contributed by atoms with van der Waals surface area (Å²) in [5.74, 6) is -3.63. The SMILES string of the molecule is CC(C)(C)N1C(=O)C2C(c3cc4ccccc4o3)NC(C(=O)O)(c3ccccc3)C2C1=O. The molecule has 0 spiro atoms. The van der Waals surface area contributed by atoms with E-state index in [4.69, 9.17) is 4.42 Å². The maximum atomic E-state index is 13.7. The van der Waals surface area contributed by atoms with Crippen molar-refractivity contribution in [3.63, 3.8) is 0 Å². The predicted molar refractivity (Wildman–Crippen MR) is 116 cm³/mol. The molecule has 0 bridgehead atoms. The van der Waals surface area contributed by atoms with Crippen LogP contribution in [0, 0.1) is 11.8 Å². The molecule has 7 heteroatoms. The molecule has 1 aromatic heterocycles. The van der Waals surface area contributed by atoms with Crippen molar-refractivity contribution < 1.29 is 23.9 Å². The third-order valence-electron chi connectivity index (χ3n) is 6.55. The molecule has 7 nitrogen and oxygen atoms in total. The van der Waals surface area contributed by atoms with E-state index in [2.05, 4.69) is 5.32 Å². The number of carbonyl (C=O) groups excluding carboxylic acids is 2. The Morgan fingerprint density at radius 2 is 1.69 bits per heavy atom. The first-order chi connectivity index (χ1) is 15.2. The zero-order valence-electron chi connectivity index (χ0n) is 18.0. The number of imide groups is 1. The van der Waals surface area contributed by atoms with Crippen molar-refractivity contribution in [2.75, 3.05) is 0 Å². The predicted octanol–water partition coefficient (Wildman–Crippen LogP) is 3.46. The topological polar surface area (TPSA) is 99.8 Å². The highest BCUT2D eigenvalue weighted by Gasteiger charge is 2.70. The molecule has 32 heavy (non-hydrogen) atoms. The van der Waals surface area contributed by atoms with E-state index in [1.54, 1.807) is 51.1 Å². The van der Waals surface area contributed by atoms with E-state index >= 15 is 0 Å². The zero-order chi connectivity index (χ0) is 22.8. The molecule has 0 aliphatic carbocycles. The smallest absolute Gasteiger partial charge is 0.329 e. The van der Waals surface area contributed by atoms with Gasteiger partial charge in [-0.05, 0) is 38.5 Å². The second-order valence-electron chi connectivity index (χ2n) is 9.47. The standard InChI is InChI=1S/C25H24N2O5/c1-24(2,3)27-21(28)18-19(22(27)29)25(23(30)31,15-10-5-4-6-11-15)26-20(18)17-13-14-9-7-8-12-16(14)32-17/h4-13,18-20,26H,1-3H3,(H,30,31). The van der Waals surface area contributed by atoms with Crippen LogP contribution in [0.15, 0.2) is 65.1 Å². The van der Waals surface area contributed by atoms with Gasteiger partial charge in [-0.25, -0.2) is 4.79 Å². The van der Waals surface area contributed by atoms with Crippen LogP contribution in [0.4, 0.5) is 0 Å².